The molecular formula is C24H22N4O2. The first-order valence-electron chi connectivity index (χ1n) is 9.84. The van der Waals surface area contributed by atoms with Crippen LogP contribution in [0.1, 0.15) is 34.9 Å². The van der Waals surface area contributed by atoms with Gasteiger partial charge in [-0.25, -0.2) is 0 Å². The van der Waals surface area contributed by atoms with Crippen LogP contribution < -0.4 is 16.0 Å². The van der Waals surface area contributed by atoms with Crippen LogP contribution in [0.5, 0.6) is 5.75 Å². The van der Waals surface area contributed by atoms with Crippen LogP contribution >= 0.6 is 0 Å². The molecule has 0 aliphatic carbocycles. The van der Waals surface area contributed by atoms with Crippen LogP contribution in [-0.2, 0) is 13.0 Å². The zero-order valence-electron chi connectivity index (χ0n) is 16.7. The van der Waals surface area contributed by atoms with Crippen molar-refractivity contribution in [1.82, 2.24) is 9.55 Å². The maximum atomic E-state index is 13.5. The zero-order valence-corrected chi connectivity index (χ0v) is 16.7. The third-order valence-electron chi connectivity index (χ3n) is 5.42. The van der Waals surface area contributed by atoms with Gasteiger partial charge < -0.3 is 15.0 Å². The summed E-state index contributed by atoms with van der Waals surface area (Å²) in [6, 6.07) is 19.6. The van der Waals surface area contributed by atoms with E-state index in [-0.39, 0.29) is 11.4 Å². The van der Waals surface area contributed by atoms with Crippen molar-refractivity contribution in [2.75, 3.05) is 0 Å². The highest BCUT2D eigenvalue weighted by Crippen LogP contribution is 2.38. The van der Waals surface area contributed by atoms with Crippen LogP contribution in [0.25, 0.3) is 0 Å². The number of hydrogen-bond acceptors (Lipinski definition) is 5. The average molecular weight is 398 g/mol. The number of nitriles is 1. The molecule has 30 heavy (non-hydrogen) atoms. The predicted octanol–water partition coefficient (Wildman–Crippen LogP) is 3.40. The van der Waals surface area contributed by atoms with Gasteiger partial charge in [0.05, 0.1) is 23.4 Å². The van der Waals surface area contributed by atoms with E-state index in [1.807, 2.05) is 61.5 Å². The lowest BCUT2D eigenvalue weighted by Crippen LogP contribution is -2.33. The highest BCUT2D eigenvalue weighted by molar-refractivity contribution is 5.49. The summed E-state index contributed by atoms with van der Waals surface area (Å²) >= 11 is 0. The van der Waals surface area contributed by atoms with Crippen molar-refractivity contribution in [1.29, 1.82) is 5.26 Å². The Morgan fingerprint density at radius 1 is 1.20 bits per heavy atom. The molecule has 6 heteroatoms. The largest absolute Gasteiger partial charge is 0.440 e. The smallest absolute Gasteiger partial charge is 0.258 e. The summed E-state index contributed by atoms with van der Waals surface area (Å²) in [7, 11) is 0. The predicted molar refractivity (Wildman–Crippen MR) is 114 cm³/mol. The van der Waals surface area contributed by atoms with Gasteiger partial charge in [0.15, 0.2) is 0 Å². The van der Waals surface area contributed by atoms with Crippen LogP contribution in [0.2, 0.25) is 0 Å². The zero-order chi connectivity index (χ0) is 21.1. The van der Waals surface area contributed by atoms with Crippen molar-refractivity contribution in [2.45, 2.75) is 32.2 Å². The molecule has 1 atom stereocenters. The van der Waals surface area contributed by atoms with E-state index >= 15 is 0 Å². The second-order valence-corrected chi connectivity index (χ2v) is 7.34. The maximum absolute atomic E-state index is 13.5. The van der Waals surface area contributed by atoms with E-state index in [1.54, 1.807) is 10.8 Å². The van der Waals surface area contributed by atoms with Crippen molar-refractivity contribution in [2.24, 2.45) is 5.73 Å². The SMILES string of the molecule is Cc1cc2c(c(=O)n1Cc1ccccn1)C(CCc1ccccc1)C(C#N)=C(N)O2. The van der Waals surface area contributed by atoms with Gasteiger partial charge >= 0.3 is 0 Å². The van der Waals surface area contributed by atoms with Crippen LogP contribution in [0.15, 0.2) is 77.0 Å². The van der Waals surface area contributed by atoms with Crippen LogP contribution in [0, 0.1) is 18.3 Å². The first kappa shape index (κ1) is 19.5. The Bertz CT molecular complexity index is 1190. The molecule has 3 heterocycles. The minimum atomic E-state index is -0.415. The molecule has 1 aliphatic heterocycles. The van der Waals surface area contributed by atoms with E-state index in [1.165, 1.54) is 0 Å². The number of allylic oxidation sites excluding steroid dienone is 1. The number of pyridine rings is 2. The van der Waals surface area contributed by atoms with E-state index in [2.05, 4.69) is 11.1 Å². The van der Waals surface area contributed by atoms with E-state index in [9.17, 15) is 10.1 Å². The first-order chi connectivity index (χ1) is 14.6. The molecule has 1 aromatic carbocycles. The maximum Gasteiger partial charge on any atom is 0.258 e. The minimum Gasteiger partial charge on any atom is -0.440 e. The molecule has 0 saturated heterocycles. The number of aryl methyl sites for hydroxylation is 2. The monoisotopic (exact) mass is 398 g/mol. The van der Waals surface area contributed by atoms with Gasteiger partial charge in [0.1, 0.15) is 11.8 Å². The summed E-state index contributed by atoms with van der Waals surface area (Å²) in [4.78, 5) is 17.8. The van der Waals surface area contributed by atoms with Gasteiger partial charge in [0.25, 0.3) is 5.56 Å². The van der Waals surface area contributed by atoms with Gasteiger partial charge in [-0.1, -0.05) is 36.4 Å². The Labute approximate surface area is 174 Å². The third-order valence-corrected chi connectivity index (χ3v) is 5.42. The number of rotatable bonds is 5. The van der Waals surface area contributed by atoms with Crippen LogP contribution in [0.4, 0.5) is 0 Å². The molecule has 0 radical (unpaired) electrons. The number of hydrogen-bond donors (Lipinski definition) is 1. The van der Waals surface area contributed by atoms with Gasteiger partial charge in [-0.15, -0.1) is 0 Å². The molecule has 0 saturated carbocycles. The number of aromatic nitrogens is 2. The molecular weight excluding hydrogens is 376 g/mol. The van der Waals surface area contributed by atoms with Gasteiger partial charge in [-0.3, -0.25) is 9.78 Å². The Kier molecular flexibility index (Phi) is 5.36. The molecule has 150 valence electrons. The minimum absolute atomic E-state index is 0.0735. The van der Waals surface area contributed by atoms with Crippen molar-refractivity contribution in [3.8, 4) is 11.8 Å². The molecule has 1 unspecified atom stereocenters. The third kappa shape index (κ3) is 3.70. The molecule has 0 fully saturated rings. The Balaban J connectivity index is 1.76. The summed E-state index contributed by atoms with van der Waals surface area (Å²) in [5.41, 5.74) is 9.34. The Morgan fingerprint density at radius 3 is 2.67 bits per heavy atom. The first-order valence-corrected chi connectivity index (χ1v) is 9.84. The quantitative estimate of drug-likeness (QED) is 0.711. The summed E-state index contributed by atoms with van der Waals surface area (Å²) in [5.74, 6) is 0.0932. The van der Waals surface area contributed by atoms with Crippen molar-refractivity contribution in [3.63, 3.8) is 0 Å². The number of benzene rings is 1. The van der Waals surface area contributed by atoms with Gasteiger partial charge in [0, 0.05) is 23.9 Å². The topological polar surface area (TPSA) is 93.9 Å². The fourth-order valence-corrected chi connectivity index (χ4v) is 3.88. The Morgan fingerprint density at radius 2 is 1.97 bits per heavy atom. The van der Waals surface area contributed by atoms with Gasteiger partial charge in [-0.2, -0.15) is 5.26 Å². The molecule has 3 aromatic rings. The summed E-state index contributed by atoms with van der Waals surface area (Å²) < 4.78 is 7.37. The van der Waals surface area contributed by atoms with Gasteiger partial charge in [-0.05, 0) is 37.5 Å². The van der Waals surface area contributed by atoms with Crippen molar-refractivity contribution < 1.29 is 4.74 Å². The molecule has 0 amide bonds. The van der Waals surface area contributed by atoms with Crippen molar-refractivity contribution in [3.05, 3.63) is 105 Å². The number of nitrogens with zero attached hydrogens (tertiary/aromatic N) is 3. The molecule has 4 rings (SSSR count). The average Bonchev–Trinajstić information content (AvgIpc) is 2.76. The van der Waals surface area contributed by atoms with Crippen LogP contribution in [-0.4, -0.2) is 9.55 Å². The van der Waals surface area contributed by atoms with E-state index < -0.39 is 5.92 Å². The van der Waals surface area contributed by atoms with Gasteiger partial charge in [0.2, 0.25) is 5.88 Å². The summed E-state index contributed by atoms with van der Waals surface area (Å²) in [6.07, 6.45) is 3.01. The molecule has 2 N–H and O–H groups in total. The number of ether oxygens (including phenoxy) is 1. The summed E-state index contributed by atoms with van der Waals surface area (Å²) in [5, 5.41) is 9.72. The fourth-order valence-electron chi connectivity index (χ4n) is 3.88. The molecule has 0 bridgehead atoms. The highest BCUT2D eigenvalue weighted by atomic mass is 16.5. The standard InChI is InChI=1S/C24H22N4O2/c1-16-13-21-22(24(29)28(16)15-18-9-5-6-12-27-18)19(20(14-25)23(26)30-21)11-10-17-7-3-2-4-8-17/h2-9,12-13,19H,10-11,15,26H2,1H3. The number of nitrogens with two attached hydrogens (primary N) is 1. The molecule has 0 spiro atoms. The van der Waals surface area contributed by atoms with E-state index in [4.69, 9.17) is 10.5 Å². The summed E-state index contributed by atoms with van der Waals surface area (Å²) in [6.45, 7) is 2.21. The van der Waals surface area contributed by atoms with Crippen molar-refractivity contribution >= 4 is 0 Å². The van der Waals surface area contributed by atoms with Crippen LogP contribution in [0.3, 0.4) is 0 Å². The number of fused-ring (bicyclic) bond motifs is 1. The Hall–Kier alpha value is -3.85. The highest BCUT2D eigenvalue weighted by Gasteiger charge is 2.32. The van der Waals surface area contributed by atoms with E-state index in [0.29, 0.717) is 29.9 Å². The van der Waals surface area contributed by atoms with E-state index in [0.717, 1.165) is 23.4 Å². The molecule has 2 aromatic heterocycles. The fraction of sp³-hybridized carbons (Fsp3) is 0.208. The molecule has 1 aliphatic rings. The second kappa shape index (κ2) is 8.26. The lowest BCUT2D eigenvalue weighted by molar-refractivity contribution is 0.380. The lowest BCUT2D eigenvalue weighted by Gasteiger charge is -2.27. The molecule has 6 nitrogen and oxygen atoms in total. The lowest BCUT2D eigenvalue weighted by atomic mass is 9.85. The normalized spacial score (nSPS) is 15.3. The second-order valence-electron chi connectivity index (χ2n) is 7.34.